The number of nitrogens with zero attached hydrogens (tertiary/aromatic N) is 4. The lowest BCUT2D eigenvalue weighted by Crippen LogP contribution is -2.49. The molecule has 10 heteroatoms. The molecule has 0 saturated carbocycles. The van der Waals surface area contributed by atoms with Crippen LogP contribution in [0, 0.1) is 20.8 Å². The van der Waals surface area contributed by atoms with Crippen molar-refractivity contribution in [3.8, 4) is 0 Å². The zero-order valence-corrected chi connectivity index (χ0v) is 20.3. The van der Waals surface area contributed by atoms with Crippen molar-refractivity contribution in [3.05, 3.63) is 40.2 Å². The molecule has 0 bridgehead atoms. The van der Waals surface area contributed by atoms with E-state index in [2.05, 4.69) is 20.2 Å². The lowest BCUT2D eigenvalue weighted by atomic mass is 10.2. The molecule has 1 unspecified atom stereocenters. The summed E-state index contributed by atoms with van der Waals surface area (Å²) in [5, 5.41) is 8.24. The Morgan fingerprint density at radius 1 is 1.19 bits per heavy atom. The number of aromatic nitrogens is 2. The summed E-state index contributed by atoms with van der Waals surface area (Å²) in [4.78, 5) is 16.9. The van der Waals surface area contributed by atoms with Crippen molar-refractivity contribution in [1.29, 1.82) is 0 Å². The van der Waals surface area contributed by atoms with E-state index in [0.29, 0.717) is 23.7 Å². The standard InChI is InChI=1S/C22H30ClN5O3S/c1-15-4-5-18(12-20(15)23)24-21(29)13-26-7-9-27(10-8-26)22-16(2)25-28(17(22)3)19-6-11-32(30,31)14-19/h4-5,12,19H,6-11,13-14H2,1-3H3,(H,24,29). The van der Waals surface area contributed by atoms with Gasteiger partial charge in [-0.25, -0.2) is 8.42 Å². The largest absolute Gasteiger partial charge is 0.366 e. The summed E-state index contributed by atoms with van der Waals surface area (Å²) in [6.07, 6.45) is 0.624. The fraction of sp³-hybridized carbons (Fsp3) is 0.545. The number of halogens is 1. The molecule has 1 amide bonds. The van der Waals surface area contributed by atoms with Crippen molar-refractivity contribution < 1.29 is 13.2 Å². The third-order valence-electron chi connectivity index (χ3n) is 6.35. The molecule has 2 aromatic rings. The van der Waals surface area contributed by atoms with Crippen LogP contribution in [0.5, 0.6) is 0 Å². The van der Waals surface area contributed by atoms with Crippen LogP contribution in [0.1, 0.15) is 29.4 Å². The van der Waals surface area contributed by atoms with Crippen molar-refractivity contribution >= 4 is 38.7 Å². The van der Waals surface area contributed by atoms with E-state index < -0.39 is 9.84 Å². The minimum Gasteiger partial charge on any atom is -0.366 e. The van der Waals surface area contributed by atoms with Gasteiger partial charge in [-0.3, -0.25) is 14.4 Å². The molecule has 3 heterocycles. The molecule has 1 aromatic carbocycles. The van der Waals surface area contributed by atoms with Crippen molar-refractivity contribution in [1.82, 2.24) is 14.7 Å². The Bertz CT molecular complexity index is 1120. The van der Waals surface area contributed by atoms with Gasteiger partial charge in [0, 0.05) is 36.9 Å². The Hall–Kier alpha value is -2.10. The maximum Gasteiger partial charge on any atom is 0.238 e. The molecule has 2 aliphatic heterocycles. The molecule has 4 rings (SSSR count). The highest BCUT2D eigenvalue weighted by Gasteiger charge is 2.32. The van der Waals surface area contributed by atoms with E-state index in [1.807, 2.05) is 37.6 Å². The Morgan fingerprint density at radius 2 is 1.91 bits per heavy atom. The van der Waals surface area contributed by atoms with E-state index in [0.717, 1.165) is 48.8 Å². The van der Waals surface area contributed by atoms with Gasteiger partial charge in [-0.15, -0.1) is 0 Å². The summed E-state index contributed by atoms with van der Waals surface area (Å²) < 4.78 is 25.7. The average Bonchev–Trinajstić information content (AvgIpc) is 3.23. The van der Waals surface area contributed by atoms with Crippen molar-refractivity contribution in [2.45, 2.75) is 33.2 Å². The molecule has 0 spiro atoms. The molecule has 1 aromatic heterocycles. The van der Waals surface area contributed by atoms with Gasteiger partial charge in [-0.05, 0) is 44.9 Å². The van der Waals surface area contributed by atoms with Gasteiger partial charge in [-0.2, -0.15) is 5.10 Å². The number of amides is 1. The number of nitrogens with one attached hydrogen (secondary N) is 1. The van der Waals surface area contributed by atoms with E-state index in [1.165, 1.54) is 0 Å². The lowest BCUT2D eigenvalue weighted by molar-refractivity contribution is -0.117. The Kier molecular flexibility index (Phi) is 6.51. The van der Waals surface area contributed by atoms with Gasteiger partial charge in [0.2, 0.25) is 5.91 Å². The van der Waals surface area contributed by atoms with Crippen LogP contribution in [0.25, 0.3) is 0 Å². The number of aryl methyl sites for hydroxylation is 2. The van der Waals surface area contributed by atoms with Gasteiger partial charge in [-0.1, -0.05) is 17.7 Å². The molecule has 1 N–H and O–H groups in total. The molecule has 8 nitrogen and oxygen atoms in total. The molecular weight excluding hydrogens is 450 g/mol. The molecule has 0 aliphatic carbocycles. The average molecular weight is 480 g/mol. The van der Waals surface area contributed by atoms with Gasteiger partial charge in [0.25, 0.3) is 0 Å². The van der Waals surface area contributed by atoms with Crippen molar-refractivity contribution in [2.24, 2.45) is 0 Å². The van der Waals surface area contributed by atoms with Crippen LogP contribution in [-0.4, -0.2) is 73.2 Å². The third kappa shape index (κ3) is 4.94. The van der Waals surface area contributed by atoms with Crippen LogP contribution in [0.3, 0.4) is 0 Å². The van der Waals surface area contributed by atoms with Crippen molar-refractivity contribution in [3.63, 3.8) is 0 Å². The van der Waals surface area contributed by atoms with E-state index >= 15 is 0 Å². The summed E-state index contributed by atoms with van der Waals surface area (Å²) in [5.74, 6) is 0.352. The number of benzene rings is 1. The zero-order valence-electron chi connectivity index (χ0n) is 18.8. The zero-order chi connectivity index (χ0) is 23.0. The summed E-state index contributed by atoms with van der Waals surface area (Å²) in [7, 11) is -2.96. The van der Waals surface area contributed by atoms with Crippen LogP contribution >= 0.6 is 11.6 Å². The van der Waals surface area contributed by atoms with Crippen LogP contribution in [0.15, 0.2) is 18.2 Å². The quantitative estimate of drug-likeness (QED) is 0.709. The molecule has 2 saturated heterocycles. The molecular formula is C22H30ClN5O3S. The molecule has 0 radical (unpaired) electrons. The second kappa shape index (κ2) is 9.03. The molecule has 32 heavy (non-hydrogen) atoms. The fourth-order valence-electron chi connectivity index (χ4n) is 4.64. The van der Waals surface area contributed by atoms with Crippen LogP contribution in [-0.2, 0) is 14.6 Å². The van der Waals surface area contributed by atoms with E-state index in [4.69, 9.17) is 11.6 Å². The number of sulfone groups is 1. The topological polar surface area (TPSA) is 87.5 Å². The molecule has 174 valence electrons. The summed E-state index contributed by atoms with van der Waals surface area (Å²) in [6, 6.07) is 5.44. The van der Waals surface area contributed by atoms with Gasteiger partial charge in [0.05, 0.1) is 41.2 Å². The van der Waals surface area contributed by atoms with E-state index in [-0.39, 0.29) is 23.5 Å². The molecule has 1 atom stereocenters. The fourth-order valence-corrected chi connectivity index (χ4v) is 6.51. The van der Waals surface area contributed by atoms with Crippen LogP contribution in [0.2, 0.25) is 5.02 Å². The maximum atomic E-state index is 12.5. The van der Waals surface area contributed by atoms with Crippen LogP contribution < -0.4 is 10.2 Å². The lowest BCUT2D eigenvalue weighted by Gasteiger charge is -2.36. The van der Waals surface area contributed by atoms with Gasteiger partial charge in [0.15, 0.2) is 9.84 Å². The normalized spacial score (nSPS) is 21.1. The second-order valence-electron chi connectivity index (χ2n) is 8.80. The minimum absolute atomic E-state index is 0.0546. The van der Waals surface area contributed by atoms with Gasteiger partial charge in [0.1, 0.15) is 0 Å². The van der Waals surface area contributed by atoms with Gasteiger partial charge < -0.3 is 10.2 Å². The number of rotatable bonds is 5. The van der Waals surface area contributed by atoms with Gasteiger partial charge >= 0.3 is 0 Å². The number of carbonyl (C=O) groups is 1. The Labute approximate surface area is 194 Å². The van der Waals surface area contributed by atoms with Crippen LogP contribution in [0.4, 0.5) is 11.4 Å². The Morgan fingerprint density at radius 3 is 2.53 bits per heavy atom. The first kappa shape index (κ1) is 23.1. The summed E-state index contributed by atoms with van der Waals surface area (Å²) in [5.41, 5.74) is 4.72. The maximum absolute atomic E-state index is 12.5. The number of hydrogen-bond acceptors (Lipinski definition) is 6. The Balaban J connectivity index is 1.34. The number of piperazine rings is 1. The first-order chi connectivity index (χ1) is 15.1. The summed E-state index contributed by atoms with van der Waals surface area (Å²) in [6.45, 7) is 9.38. The van der Waals surface area contributed by atoms with Crippen molar-refractivity contribution in [2.75, 3.05) is 54.4 Å². The third-order valence-corrected chi connectivity index (χ3v) is 8.51. The highest BCUT2D eigenvalue weighted by atomic mass is 35.5. The number of anilines is 2. The monoisotopic (exact) mass is 479 g/mol. The van der Waals surface area contributed by atoms with E-state index in [1.54, 1.807) is 6.07 Å². The highest BCUT2D eigenvalue weighted by Crippen LogP contribution is 2.31. The highest BCUT2D eigenvalue weighted by molar-refractivity contribution is 7.91. The smallest absolute Gasteiger partial charge is 0.238 e. The SMILES string of the molecule is Cc1ccc(NC(=O)CN2CCN(c3c(C)nn(C4CCS(=O)(=O)C4)c3C)CC2)cc1Cl. The molecule has 2 fully saturated rings. The number of hydrogen-bond donors (Lipinski definition) is 1. The van der Waals surface area contributed by atoms with E-state index in [9.17, 15) is 13.2 Å². The predicted octanol–water partition coefficient (Wildman–Crippen LogP) is 2.58. The minimum atomic E-state index is -2.96. The summed E-state index contributed by atoms with van der Waals surface area (Å²) >= 11 is 6.14. The second-order valence-corrected chi connectivity index (χ2v) is 11.4. The molecule has 2 aliphatic rings. The first-order valence-corrected chi connectivity index (χ1v) is 13.1. The predicted molar refractivity (Wildman–Crippen MR) is 127 cm³/mol. The first-order valence-electron chi connectivity index (χ1n) is 10.9. The number of carbonyl (C=O) groups excluding carboxylic acids is 1.